The van der Waals surface area contributed by atoms with Gasteiger partial charge in [-0.1, -0.05) is 30.3 Å². The fourth-order valence-electron chi connectivity index (χ4n) is 3.92. The van der Waals surface area contributed by atoms with E-state index in [0.29, 0.717) is 13.2 Å². The van der Waals surface area contributed by atoms with Crippen LogP contribution in [0.3, 0.4) is 0 Å². The van der Waals surface area contributed by atoms with Gasteiger partial charge in [0.25, 0.3) is 0 Å². The number of rotatable bonds is 9. The van der Waals surface area contributed by atoms with Crippen molar-refractivity contribution in [1.29, 1.82) is 0 Å². The van der Waals surface area contributed by atoms with E-state index >= 15 is 0 Å². The minimum Gasteiger partial charge on any atom is -0.492 e. The Labute approximate surface area is 213 Å². The molecular formula is C25H34IN5O2. The van der Waals surface area contributed by atoms with Crippen LogP contribution in [0.15, 0.2) is 59.7 Å². The van der Waals surface area contributed by atoms with Crippen molar-refractivity contribution >= 4 is 40.8 Å². The first kappa shape index (κ1) is 25.3. The number of benzene rings is 2. The summed E-state index contributed by atoms with van der Waals surface area (Å²) in [4.78, 5) is 10.1. The normalized spacial score (nSPS) is 14.6. The molecule has 1 aromatic heterocycles. The summed E-state index contributed by atoms with van der Waals surface area (Å²) in [6.07, 6.45) is 3.02. The predicted molar refractivity (Wildman–Crippen MR) is 145 cm³/mol. The van der Waals surface area contributed by atoms with Crippen molar-refractivity contribution in [2.45, 2.75) is 13.0 Å². The maximum Gasteiger partial charge on any atom is 0.191 e. The van der Waals surface area contributed by atoms with E-state index in [0.717, 1.165) is 63.1 Å². The summed E-state index contributed by atoms with van der Waals surface area (Å²) in [6, 6.07) is 16.6. The highest BCUT2D eigenvalue weighted by molar-refractivity contribution is 14.0. The van der Waals surface area contributed by atoms with Crippen molar-refractivity contribution in [3.8, 4) is 5.75 Å². The van der Waals surface area contributed by atoms with Crippen LogP contribution >= 0.6 is 24.0 Å². The van der Waals surface area contributed by atoms with Gasteiger partial charge in [0.05, 0.1) is 13.2 Å². The molecule has 1 aliphatic rings. The van der Waals surface area contributed by atoms with Crippen molar-refractivity contribution in [2.75, 3.05) is 53.0 Å². The Morgan fingerprint density at radius 3 is 2.82 bits per heavy atom. The van der Waals surface area contributed by atoms with Crippen LogP contribution in [0.2, 0.25) is 0 Å². The van der Waals surface area contributed by atoms with Gasteiger partial charge < -0.3 is 25.1 Å². The first-order valence-corrected chi connectivity index (χ1v) is 11.3. The molecule has 0 saturated carbocycles. The molecule has 0 aliphatic carbocycles. The molecule has 2 heterocycles. The van der Waals surface area contributed by atoms with Gasteiger partial charge >= 0.3 is 0 Å². The summed E-state index contributed by atoms with van der Waals surface area (Å²) in [5.74, 6) is 1.70. The second-order valence-electron chi connectivity index (χ2n) is 7.91. The van der Waals surface area contributed by atoms with Crippen LogP contribution in [0.4, 0.5) is 0 Å². The number of H-pyrrole nitrogens is 1. The van der Waals surface area contributed by atoms with Crippen LogP contribution in [-0.4, -0.2) is 68.9 Å². The lowest BCUT2D eigenvalue weighted by Crippen LogP contribution is -2.38. The number of fused-ring (bicyclic) bond motifs is 1. The fourth-order valence-corrected chi connectivity index (χ4v) is 3.92. The van der Waals surface area contributed by atoms with Gasteiger partial charge in [0.15, 0.2) is 5.96 Å². The summed E-state index contributed by atoms with van der Waals surface area (Å²) >= 11 is 0. The monoisotopic (exact) mass is 563 g/mol. The van der Waals surface area contributed by atoms with Gasteiger partial charge in [0.1, 0.15) is 12.4 Å². The second-order valence-corrected chi connectivity index (χ2v) is 7.91. The predicted octanol–water partition coefficient (Wildman–Crippen LogP) is 3.40. The number of morpholine rings is 1. The lowest BCUT2D eigenvalue weighted by atomic mass is 10.1. The van der Waals surface area contributed by atoms with Crippen molar-refractivity contribution in [3.63, 3.8) is 0 Å². The minimum atomic E-state index is 0. The Balaban J connectivity index is 0.00000306. The Hall–Kier alpha value is -2.30. The number of hydrogen-bond acceptors (Lipinski definition) is 4. The van der Waals surface area contributed by atoms with Crippen molar-refractivity contribution in [3.05, 3.63) is 65.9 Å². The molecule has 8 heteroatoms. The van der Waals surface area contributed by atoms with Crippen molar-refractivity contribution in [1.82, 2.24) is 20.5 Å². The number of guanidine groups is 1. The third-order valence-corrected chi connectivity index (χ3v) is 5.72. The molecule has 7 nitrogen and oxygen atoms in total. The number of ether oxygens (including phenoxy) is 2. The fraction of sp³-hybridized carbons (Fsp3) is 0.400. The van der Waals surface area contributed by atoms with Crippen molar-refractivity contribution in [2.24, 2.45) is 4.99 Å². The molecule has 3 aromatic rings. The van der Waals surface area contributed by atoms with E-state index in [-0.39, 0.29) is 24.0 Å². The number of aromatic amines is 1. The zero-order valence-corrected chi connectivity index (χ0v) is 21.5. The van der Waals surface area contributed by atoms with Gasteiger partial charge in [-0.3, -0.25) is 9.89 Å². The molecule has 3 N–H and O–H groups in total. The highest BCUT2D eigenvalue weighted by Gasteiger charge is 2.10. The zero-order valence-electron chi connectivity index (χ0n) is 19.2. The van der Waals surface area contributed by atoms with Gasteiger partial charge in [0, 0.05) is 56.9 Å². The quantitative estimate of drug-likeness (QED) is 0.212. The molecule has 1 aliphatic heterocycles. The van der Waals surface area contributed by atoms with Gasteiger partial charge in [0.2, 0.25) is 0 Å². The molecule has 33 heavy (non-hydrogen) atoms. The van der Waals surface area contributed by atoms with Crippen LogP contribution in [0.1, 0.15) is 11.1 Å². The first-order chi connectivity index (χ1) is 15.8. The molecule has 0 atom stereocenters. The third kappa shape index (κ3) is 7.62. The summed E-state index contributed by atoms with van der Waals surface area (Å²) < 4.78 is 11.4. The first-order valence-electron chi connectivity index (χ1n) is 11.3. The SMILES string of the molecule is CN=C(NCCc1c[nH]c2ccccc12)NCc1cccc(OCCN2CCOCC2)c1.I. The Bertz CT molecular complexity index is 1020. The molecular weight excluding hydrogens is 529 g/mol. The van der Waals surface area contributed by atoms with E-state index in [1.54, 1.807) is 7.05 Å². The van der Waals surface area contributed by atoms with Crippen LogP contribution in [0.5, 0.6) is 5.75 Å². The molecule has 0 bridgehead atoms. The number of halogens is 1. The maximum atomic E-state index is 5.96. The largest absolute Gasteiger partial charge is 0.492 e. The van der Waals surface area contributed by atoms with Crippen LogP contribution in [0, 0.1) is 0 Å². The molecule has 2 aromatic carbocycles. The average Bonchev–Trinajstić information content (AvgIpc) is 3.25. The van der Waals surface area contributed by atoms with E-state index in [1.165, 1.54) is 16.5 Å². The maximum absolute atomic E-state index is 5.96. The third-order valence-electron chi connectivity index (χ3n) is 5.72. The van der Waals surface area contributed by atoms with Gasteiger partial charge in [-0.05, 0) is 35.7 Å². The Morgan fingerprint density at radius 1 is 1.12 bits per heavy atom. The summed E-state index contributed by atoms with van der Waals surface area (Å²) in [6.45, 7) is 6.72. The summed E-state index contributed by atoms with van der Waals surface area (Å²) in [5.41, 5.74) is 3.65. The second kappa shape index (κ2) is 13.4. The number of aliphatic imine (C=N–C) groups is 1. The highest BCUT2D eigenvalue weighted by Crippen LogP contribution is 2.17. The van der Waals surface area contributed by atoms with E-state index < -0.39 is 0 Å². The van der Waals surface area contributed by atoms with E-state index in [2.05, 4.69) is 68.1 Å². The molecule has 1 saturated heterocycles. The Kier molecular flexibility index (Phi) is 10.3. The number of nitrogens with zero attached hydrogens (tertiary/aromatic N) is 2. The van der Waals surface area contributed by atoms with Crippen LogP contribution in [0.25, 0.3) is 10.9 Å². The van der Waals surface area contributed by atoms with E-state index in [4.69, 9.17) is 9.47 Å². The van der Waals surface area contributed by atoms with Crippen molar-refractivity contribution < 1.29 is 9.47 Å². The van der Waals surface area contributed by atoms with E-state index in [1.807, 2.05) is 12.1 Å². The molecule has 1 fully saturated rings. The number of hydrogen-bond donors (Lipinski definition) is 3. The van der Waals surface area contributed by atoms with Crippen LogP contribution in [-0.2, 0) is 17.7 Å². The molecule has 0 radical (unpaired) electrons. The average molecular weight is 563 g/mol. The van der Waals surface area contributed by atoms with Gasteiger partial charge in [-0.15, -0.1) is 24.0 Å². The van der Waals surface area contributed by atoms with E-state index in [9.17, 15) is 0 Å². The molecule has 0 amide bonds. The summed E-state index contributed by atoms with van der Waals surface area (Å²) in [5, 5.41) is 8.08. The molecule has 0 unspecified atom stereocenters. The molecule has 178 valence electrons. The number of para-hydroxylation sites is 1. The molecule has 4 rings (SSSR count). The number of nitrogens with one attached hydrogen (secondary N) is 3. The highest BCUT2D eigenvalue weighted by atomic mass is 127. The smallest absolute Gasteiger partial charge is 0.191 e. The standard InChI is InChI=1S/C25H33N5O2.HI/c1-26-25(27-10-9-21-19-28-24-8-3-2-7-23(21)24)29-18-20-5-4-6-22(17-20)32-16-13-30-11-14-31-15-12-30;/h2-8,17,19,28H,9-16,18H2,1H3,(H2,26,27,29);1H. The van der Waals surface area contributed by atoms with Crippen LogP contribution < -0.4 is 15.4 Å². The minimum absolute atomic E-state index is 0. The lowest BCUT2D eigenvalue weighted by molar-refractivity contribution is 0.0322. The topological polar surface area (TPSA) is 73.9 Å². The molecule has 0 spiro atoms. The summed E-state index contributed by atoms with van der Waals surface area (Å²) in [7, 11) is 1.80. The Morgan fingerprint density at radius 2 is 1.97 bits per heavy atom. The lowest BCUT2D eigenvalue weighted by Gasteiger charge is -2.26. The number of aromatic nitrogens is 1. The van der Waals surface area contributed by atoms with Gasteiger partial charge in [-0.2, -0.15) is 0 Å². The zero-order chi connectivity index (χ0) is 22.0. The van der Waals surface area contributed by atoms with Gasteiger partial charge in [-0.25, -0.2) is 0 Å².